The number of benzene rings is 1. The van der Waals surface area contributed by atoms with Crippen LogP contribution in [-0.2, 0) is 47.0 Å². The van der Waals surface area contributed by atoms with Crippen LogP contribution in [-0.4, -0.2) is 96.0 Å². The molecule has 0 aromatic heterocycles. The Kier molecular flexibility index (Phi) is 10.4. The zero-order valence-corrected chi connectivity index (χ0v) is 32.1. The van der Waals surface area contributed by atoms with Crippen molar-refractivity contribution in [2.24, 2.45) is 11.3 Å². The summed E-state index contributed by atoms with van der Waals surface area (Å²) in [6, 6.07) is 1.26. The Bertz CT molecular complexity index is 1700. The highest BCUT2D eigenvalue weighted by Gasteiger charge is 2.62. The molecule has 17 heteroatoms. The van der Waals surface area contributed by atoms with Crippen molar-refractivity contribution in [2.45, 2.75) is 129 Å². The molecule has 0 unspecified atom stereocenters. The van der Waals surface area contributed by atoms with E-state index in [0.717, 1.165) is 11.1 Å². The van der Waals surface area contributed by atoms with Gasteiger partial charge in [-0.05, 0) is 75.6 Å². The predicted molar refractivity (Wildman–Crippen MR) is 186 cm³/mol. The van der Waals surface area contributed by atoms with Crippen molar-refractivity contribution in [3.05, 3.63) is 23.3 Å². The summed E-state index contributed by atoms with van der Waals surface area (Å²) in [7, 11) is -4.00. The minimum atomic E-state index is -4.00. The number of ether oxygens (including phenoxy) is 4. The fourth-order valence-electron chi connectivity index (χ4n) is 6.70. The molecule has 2 fully saturated rings. The van der Waals surface area contributed by atoms with E-state index in [-0.39, 0.29) is 45.2 Å². The molecule has 5 rings (SSSR count). The minimum absolute atomic E-state index is 0.109. The number of sulfonamides is 1. The standard InChI is InChI=1S/C35H51N5O11S/c1-10-22-14-35(22,30(43)38-52(46,47)19(2)3)37-28(41)24-13-23(17-40(24)29(42)27(33(4,5)6)36-31(44)51-34(7,8)9)50-32(45)39-15-20-11-25-26(49-18-48-25)12-21(20)16-39/h11-12,19,22-24,27H,10,13-18H2,1-9H3,(H,36,44)(H,37,41)(H,38,43)/t22-,23+,24-,27+,35-/m0/s1. The Morgan fingerprint density at radius 1 is 1.00 bits per heavy atom. The van der Waals surface area contributed by atoms with E-state index < -0.39 is 79.9 Å². The number of amides is 5. The highest BCUT2D eigenvalue weighted by Crippen LogP contribution is 2.47. The number of carbonyl (C=O) groups is 5. The molecular formula is C35H51N5O11S. The molecule has 1 aromatic rings. The first-order chi connectivity index (χ1) is 24.0. The van der Waals surface area contributed by atoms with E-state index in [9.17, 15) is 32.4 Å². The molecule has 0 spiro atoms. The van der Waals surface area contributed by atoms with Crippen molar-refractivity contribution >= 4 is 39.9 Å². The third-order valence-corrected chi connectivity index (χ3v) is 11.5. The molecule has 288 valence electrons. The molecule has 1 saturated heterocycles. The predicted octanol–water partition coefficient (Wildman–Crippen LogP) is 2.92. The first-order valence-electron chi connectivity index (χ1n) is 17.6. The number of nitrogens with one attached hydrogen (secondary N) is 3. The summed E-state index contributed by atoms with van der Waals surface area (Å²) in [5.74, 6) is -1.35. The van der Waals surface area contributed by atoms with E-state index in [1.165, 1.54) is 23.6 Å². The summed E-state index contributed by atoms with van der Waals surface area (Å²) in [6.07, 6.45) is -1.84. The van der Waals surface area contributed by atoms with Crippen LogP contribution in [0.3, 0.4) is 0 Å². The number of nitrogens with zero attached hydrogens (tertiary/aromatic N) is 2. The van der Waals surface area contributed by atoms with Gasteiger partial charge in [0.15, 0.2) is 11.5 Å². The van der Waals surface area contributed by atoms with Crippen molar-refractivity contribution in [2.75, 3.05) is 13.3 Å². The lowest BCUT2D eigenvalue weighted by molar-refractivity contribution is -0.143. The van der Waals surface area contributed by atoms with Gasteiger partial charge in [-0.25, -0.2) is 18.0 Å². The number of hydrogen-bond acceptors (Lipinski definition) is 11. The number of likely N-dealkylation sites (tertiary alicyclic amines) is 1. The van der Waals surface area contributed by atoms with Gasteiger partial charge in [0.1, 0.15) is 29.3 Å². The van der Waals surface area contributed by atoms with Crippen molar-refractivity contribution in [3.8, 4) is 11.5 Å². The van der Waals surface area contributed by atoms with Crippen LogP contribution in [0.1, 0.15) is 92.7 Å². The quantitative estimate of drug-likeness (QED) is 0.336. The van der Waals surface area contributed by atoms with Gasteiger partial charge in [-0.1, -0.05) is 34.1 Å². The van der Waals surface area contributed by atoms with E-state index in [1.807, 2.05) is 19.1 Å². The second-order valence-electron chi connectivity index (χ2n) is 16.3. The van der Waals surface area contributed by atoms with Crippen molar-refractivity contribution in [1.29, 1.82) is 0 Å². The second kappa shape index (κ2) is 13.9. The summed E-state index contributed by atoms with van der Waals surface area (Å²) in [5, 5.41) is 4.54. The maximum absolute atomic E-state index is 14.4. The van der Waals surface area contributed by atoms with Gasteiger partial charge in [-0.3, -0.25) is 24.0 Å². The number of rotatable bonds is 9. The zero-order chi connectivity index (χ0) is 38.6. The molecule has 3 N–H and O–H groups in total. The fraction of sp³-hybridized carbons (Fsp3) is 0.686. The Labute approximate surface area is 304 Å². The van der Waals surface area contributed by atoms with Gasteiger partial charge >= 0.3 is 12.2 Å². The third-order valence-electron chi connectivity index (χ3n) is 9.77. The van der Waals surface area contributed by atoms with E-state index in [0.29, 0.717) is 17.9 Å². The first kappa shape index (κ1) is 38.9. The molecule has 5 amide bonds. The molecule has 1 aliphatic carbocycles. The number of hydrogen-bond donors (Lipinski definition) is 3. The highest BCUT2D eigenvalue weighted by molar-refractivity contribution is 7.90. The number of carbonyl (C=O) groups excluding carboxylic acids is 5. The van der Waals surface area contributed by atoms with Crippen LogP contribution in [0.2, 0.25) is 0 Å². The lowest BCUT2D eigenvalue weighted by Crippen LogP contribution is -2.60. The van der Waals surface area contributed by atoms with Gasteiger partial charge < -0.3 is 34.5 Å². The molecule has 52 heavy (non-hydrogen) atoms. The van der Waals surface area contributed by atoms with Crippen LogP contribution in [0, 0.1) is 11.3 Å². The van der Waals surface area contributed by atoms with Gasteiger partial charge in [-0.2, -0.15) is 0 Å². The van der Waals surface area contributed by atoms with Gasteiger partial charge in [0.05, 0.1) is 11.8 Å². The smallest absolute Gasteiger partial charge is 0.410 e. The first-order valence-corrected chi connectivity index (χ1v) is 19.1. The van der Waals surface area contributed by atoms with Crippen LogP contribution < -0.4 is 24.8 Å². The lowest BCUT2D eigenvalue weighted by atomic mass is 9.85. The Hall–Kier alpha value is -4.28. The van der Waals surface area contributed by atoms with Crippen molar-refractivity contribution in [3.63, 3.8) is 0 Å². The third kappa shape index (κ3) is 8.18. The molecule has 1 aromatic carbocycles. The Morgan fingerprint density at radius 3 is 2.10 bits per heavy atom. The molecule has 16 nitrogen and oxygen atoms in total. The number of fused-ring (bicyclic) bond motifs is 2. The fourth-order valence-corrected chi connectivity index (χ4v) is 7.38. The summed E-state index contributed by atoms with van der Waals surface area (Å²) >= 11 is 0. The molecule has 3 heterocycles. The van der Waals surface area contributed by atoms with E-state index in [4.69, 9.17) is 18.9 Å². The monoisotopic (exact) mass is 749 g/mol. The molecule has 0 radical (unpaired) electrons. The van der Waals surface area contributed by atoms with E-state index in [1.54, 1.807) is 41.5 Å². The van der Waals surface area contributed by atoms with Crippen LogP contribution in [0.4, 0.5) is 9.59 Å². The van der Waals surface area contributed by atoms with Crippen LogP contribution >= 0.6 is 0 Å². The van der Waals surface area contributed by atoms with Crippen molar-refractivity contribution < 1.29 is 51.3 Å². The molecule has 0 bridgehead atoms. The molecule has 1 saturated carbocycles. The maximum Gasteiger partial charge on any atom is 0.410 e. The summed E-state index contributed by atoms with van der Waals surface area (Å²) in [4.78, 5) is 71.1. The Balaban J connectivity index is 1.38. The number of alkyl carbamates (subject to hydrolysis) is 1. The molecular weight excluding hydrogens is 698 g/mol. The molecule has 5 atom stereocenters. The zero-order valence-electron chi connectivity index (χ0n) is 31.3. The van der Waals surface area contributed by atoms with Gasteiger partial charge in [0.2, 0.25) is 28.6 Å². The lowest BCUT2D eigenvalue weighted by Gasteiger charge is -2.36. The Morgan fingerprint density at radius 2 is 1.60 bits per heavy atom. The van der Waals surface area contributed by atoms with E-state index >= 15 is 0 Å². The van der Waals surface area contributed by atoms with Crippen molar-refractivity contribution in [1.82, 2.24) is 25.2 Å². The van der Waals surface area contributed by atoms with Gasteiger partial charge in [0.25, 0.3) is 5.91 Å². The molecule has 4 aliphatic rings. The summed E-state index contributed by atoms with van der Waals surface area (Å²) in [5.41, 5.74) is -1.46. The average Bonchev–Trinajstić information content (AvgIpc) is 3.36. The maximum atomic E-state index is 14.4. The van der Waals surface area contributed by atoms with Gasteiger partial charge in [0, 0.05) is 19.5 Å². The summed E-state index contributed by atoms with van der Waals surface area (Å²) < 4.78 is 49.6. The highest BCUT2D eigenvalue weighted by atomic mass is 32.2. The van der Waals surface area contributed by atoms with Gasteiger partial charge in [-0.15, -0.1) is 0 Å². The van der Waals surface area contributed by atoms with Crippen LogP contribution in [0.15, 0.2) is 12.1 Å². The van der Waals surface area contributed by atoms with E-state index in [2.05, 4.69) is 15.4 Å². The minimum Gasteiger partial charge on any atom is -0.454 e. The normalized spacial score (nSPS) is 24.2. The largest absolute Gasteiger partial charge is 0.454 e. The molecule has 3 aliphatic heterocycles. The second-order valence-corrected chi connectivity index (χ2v) is 18.6. The topological polar surface area (TPSA) is 199 Å². The SMILES string of the molecule is CC[C@H]1C[C@@]1(NC(=O)[C@@H]1C[C@@H](OC(=O)N2Cc3cc4c(cc3C2)OCO4)CN1C(=O)[C@@H](NC(=O)OC(C)(C)C)C(C)(C)C)C(=O)NS(=O)(=O)C(C)C. The van der Waals surface area contributed by atoms with Crippen LogP contribution in [0.25, 0.3) is 0 Å². The summed E-state index contributed by atoms with van der Waals surface area (Å²) in [6.45, 7) is 15.4. The average molecular weight is 750 g/mol. The van der Waals surface area contributed by atoms with Crippen LogP contribution in [0.5, 0.6) is 11.5 Å².